The minimum atomic E-state index is -0.707. The van der Waals surface area contributed by atoms with Crippen LogP contribution in [0.3, 0.4) is 0 Å². The Morgan fingerprint density at radius 2 is 1.65 bits per heavy atom. The van der Waals surface area contributed by atoms with Gasteiger partial charge in [0.1, 0.15) is 4.93 Å². The van der Waals surface area contributed by atoms with E-state index in [1.165, 1.54) is 5.39 Å². The van der Waals surface area contributed by atoms with Gasteiger partial charge < -0.3 is 5.11 Å². The molecule has 0 bridgehead atoms. The van der Waals surface area contributed by atoms with Gasteiger partial charge in [0.05, 0.1) is 0 Å². The second kappa shape index (κ2) is 5.40. The van der Waals surface area contributed by atoms with Crippen molar-refractivity contribution in [1.82, 2.24) is 0 Å². The van der Waals surface area contributed by atoms with Crippen LogP contribution in [0.25, 0.3) is 21.5 Å². The first-order chi connectivity index (χ1) is 9.70. The molecule has 3 aromatic rings. The van der Waals surface area contributed by atoms with Crippen LogP contribution in [-0.2, 0) is 4.79 Å². The lowest BCUT2D eigenvalue weighted by Gasteiger charge is -2.08. The highest BCUT2D eigenvalue weighted by Crippen LogP contribution is 2.27. The molecule has 0 saturated heterocycles. The lowest BCUT2D eigenvalue weighted by molar-refractivity contribution is -0.657. The third kappa shape index (κ3) is 2.26. The topological polar surface area (TPSA) is 37.3 Å². The molecule has 1 unspecified atom stereocenters. The summed E-state index contributed by atoms with van der Waals surface area (Å²) < 4.78 is -0.335. The number of fused-ring (bicyclic) bond motifs is 2. The Balaban J connectivity index is 2.32. The van der Waals surface area contributed by atoms with Crippen LogP contribution in [0.5, 0.6) is 0 Å². The molecule has 20 heavy (non-hydrogen) atoms. The summed E-state index contributed by atoms with van der Waals surface area (Å²) in [4.78, 5) is 13.5. The number of hydrogen-bond donors (Lipinski definition) is 1. The molecule has 0 fully saturated rings. The molecule has 0 heterocycles. The van der Waals surface area contributed by atoms with Crippen molar-refractivity contribution >= 4 is 27.5 Å². The summed E-state index contributed by atoms with van der Waals surface area (Å²) in [7, 11) is 0. The van der Waals surface area contributed by atoms with E-state index in [1.54, 1.807) is 0 Å². The normalized spacial score (nSPS) is 12.7. The summed E-state index contributed by atoms with van der Waals surface area (Å²) in [5, 5.41) is 14.0. The fourth-order valence-corrected chi connectivity index (χ4v) is 4.30. The quantitative estimate of drug-likeness (QED) is 0.417. The first-order valence-electron chi connectivity index (χ1n) is 6.33. The number of halogens is 1. The van der Waals surface area contributed by atoms with Gasteiger partial charge >= 0.3 is 5.97 Å². The van der Waals surface area contributed by atoms with Crippen molar-refractivity contribution in [2.24, 2.45) is 0 Å². The molecular weight excluding hydrogens is 363 g/mol. The molecule has 0 radical (unpaired) electrons. The van der Waals surface area contributed by atoms with Gasteiger partial charge in [-0.25, -0.2) is 4.79 Å². The van der Waals surface area contributed by atoms with Crippen molar-refractivity contribution in [2.45, 2.75) is 3.92 Å². The summed E-state index contributed by atoms with van der Waals surface area (Å²) in [5.74, 6) is -0.707. The van der Waals surface area contributed by atoms with Crippen LogP contribution in [0.4, 0.5) is 0 Å². The SMILES string of the molecule is C[I+]C(C(=O)O)c1cccc2cc3ccccc3cc12. The van der Waals surface area contributed by atoms with E-state index in [-0.39, 0.29) is 3.92 Å². The monoisotopic (exact) mass is 377 g/mol. The summed E-state index contributed by atoms with van der Waals surface area (Å²) in [6.45, 7) is 0. The van der Waals surface area contributed by atoms with Crippen LogP contribution in [-0.4, -0.2) is 16.0 Å². The summed E-state index contributed by atoms with van der Waals surface area (Å²) in [5.41, 5.74) is 0.955. The smallest absolute Gasteiger partial charge is 0.360 e. The molecule has 0 saturated carbocycles. The van der Waals surface area contributed by atoms with E-state index < -0.39 is 27.2 Å². The number of carbonyl (C=O) groups is 1. The van der Waals surface area contributed by atoms with Gasteiger partial charge in [0.2, 0.25) is 0 Å². The molecule has 0 aliphatic rings. The summed E-state index contributed by atoms with van der Waals surface area (Å²) in [6.07, 6.45) is 0. The zero-order chi connectivity index (χ0) is 14.1. The maximum atomic E-state index is 11.5. The van der Waals surface area contributed by atoms with E-state index in [0.717, 1.165) is 21.7 Å². The second-order valence-electron chi connectivity index (χ2n) is 4.69. The molecule has 0 aliphatic carbocycles. The van der Waals surface area contributed by atoms with Crippen molar-refractivity contribution in [3.05, 3.63) is 60.2 Å². The molecule has 1 atom stereocenters. The first-order valence-corrected chi connectivity index (χ1v) is 9.73. The number of aliphatic carboxylic acids is 1. The van der Waals surface area contributed by atoms with Gasteiger partial charge in [-0.1, -0.05) is 42.5 Å². The number of carboxylic acids is 1. The summed E-state index contributed by atoms with van der Waals surface area (Å²) >= 11 is -0.396. The molecule has 3 aromatic carbocycles. The largest absolute Gasteiger partial charge is 0.478 e. The highest BCUT2D eigenvalue weighted by molar-refractivity contribution is 6.00. The fourth-order valence-electron chi connectivity index (χ4n) is 2.56. The molecule has 0 spiro atoms. The van der Waals surface area contributed by atoms with Crippen molar-refractivity contribution in [2.75, 3.05) is 4.93 Å². The van der Waals surface area contributed by atoms with E-state index in [1.807, 2.05) is 29.2 Å². The minimum absolute atomic E-state index is 0.335. The maximum Gasteiger partial charge on any atom is 0.360 e. The molecule has 100 valence electrons. The van der Waals surface area contributed by atoms with E-state index in [4.69, 9.17) is 0 Å². The van der Waals surface area contributed by atoms with Gasteiger partial charge in [0, 0.05) is 5.56 Å². The molecule has 0 aromatic heterocycles. The van der Waals surface area contributed by atoms with Gasteiger partial charge in [0.25, 0.3) is 25.1 Å². The van der Waals surface area contributed by atoms with Crippen LogP contribution in [0.2, 0.25) is 0 Å². The van der Waals surface area contributed by atoms with Gasteiger partial charge in [-0.3, -0.25) is 0 Å². The van der Waals surface area contributed by atoms with Crippen molar-refractivity contribution < 1.29 is 31.1 Å². The third-order valence-corrected chi connectivity index (χ3v) is 5.94. The Kier molecular flexibility index (Phi) is 3.61. The highest BCUT2D eigenvalue weighted by Gasteiger charge is 2.31. The Hall–Kier alpha value is -1.62. The Bertz CT molecular complexity index is 795. The zero-order valence-electron chi connectivity index (χ0n) is 11.0. The predicted octanol–water partition coefficient (Wildman–Crippen LogP) is 0.838. The molecule has 3 rings (SSSR count). The van der Waals surface area contributed by atoms with Crippen LogP contribution in [0.1, 0.15) is 9.49 Å². The van der Waals surface area contributed by atoms with E-state index in [2.05, 4.69) is 30.3 Å². The molecule has 0 amide bonds. The highest BCUT2D eigenvalue weighted by atomic mass is 127. The standard InChI is InChI=1S/C17H13IO2/c1-18-16(17(19)20)14-8-4-7-13-9-11-5-2-3-6-12(11)10-15(13)14/h2-10,16H,1H3/p+1. The van der Waals surface area contributed by atoms with Crippen molar-refractivity contribution in [3.63, 3.8) is 0 Å². The maximum absolute atomic E-state index is 11.5. The number of carboxylic acid groups (broad SMARTS) is 1. The summed E-state index contributed by atoms with van der Waals surface area (Å²) in [6, 6.07) is 18.4. The zero-order valence-corrected chi connectivity index (χ0v) is 13.2. The Labute approximate surface area is 127 Å². The van der Waals surface area contributed by atoms with Crippen LogP contribution < -0.4 is 21.2 Å². The van der Waals surface area contributed by atoms with Crippen molar-refractivity contribution in [3.8, 4) is 0 Å². The number of hydrogen-bond acceptors (Lipinski definition) is 1. The van der Waals surface area contributed by atoms with Crippen molar-refractivity contribution in [1.29, 1.82) is 0 Å². The Morgan fingerprint density at radius 3 is 2.30 bits per heavy atom. The number of alkyl halides is 2. The van der Waals surface area contributed by atoms with Crippen LogP contribution in [0, 0.1) is 0 Å². The van der Waals surface area contributed by atoms with Gasteiger partial charge in [-0.2, -0.15) is 0 Å². The average molecular weight is 377 g/mol. The molecule has 2 nitrogen and oxygen atoms in total. The molecule has 0 aliphatic heterocycles. The van der Waals surface area contributed by atoms with Gasteiger partial charge in [0.15, 0.2) is 0 Å². The molecular formula is C17H14IO2+. The van der Waals surface area contributed by atoms with Crippen LogP contribution >= 0.6 is 0 Å². The lowest BCUT2D eigenvalue weighted by atomic mass is 9.98. The van der Waals surface area contributed by atoms with E-state index in [0.29, 0.717) is 0 Å². The minimum Gasteiger partial charge on any atom is -0.478 e. The number of rotatable bonds is 3. The third-order valence-electron chi connectivity index (χ3n) is 3.49. The lowest BCUT2D eigenvalue weighted by Crippen LogP contribution is -3.61. The average Bonchev–Trinajstić information content (AvgIpc) is 2.46. The number of benzene rings is 3. The second-order valence-corrected chi connectivity index (χ2v) is 7.18. The van der Waals surface area contributed by atoms with Crippen LogP contribution in [0.15, 0.2) is 54.6 Å². The molecule has 3 heteroatoms. The fraction of sp³-hybridized carbons (Fsp3) is 0.118. The van der Waals surface area contributed by atoms with Gasteiger partial charge in [-0.15, -0.1) is 0 Å². The Morgan fingerprint density at radius 1 is 1.00 bits per heavy atom. The van der Waals surface area contributed by atoms with Gasteiger partial charge in [-0.05, 0) is 33.7 Å². The van der Waals surface area contributed by atoms with E-state index in [9.17, 15) is 9.90 Å². The predicted molar refractivity (Wildman–Crippen MR) is 77.8 cm³/mol. The molecule has 1 N–H and O–H groups in total. The first kappa shape index (κ1) is 13.4. The van der Waals surface area contributed by atoms with E-state index >= 15 is 0 Å².